The molecular formula is C75H146O17P2. The van der Waals surface area contributed by atoms with Crippen LogP contribution in [0.1, 0.15) is 382 Å². The van der Waals surface area contributed by atoms with Crippen LogP contribution in [0.4, 0.5) is 0 Å². The number of carbonyl (C=O) groups excluding carboxylic acids is 4. The second-order valence-corrected chi connectivity index (χ2v) is 30.9. The van der Waals surface area contributed by atoms with Crippen molar-refractivity contribution in [3.05, 3.63) is 0 Å². The van der Waals surface area contributed by atoms with Crippen LogP contribution in [-0.2, 0) is 65.4 Å². The number of phosphoric acid groups is 2. The molecule has 0 amide bonds. The van der Waals surface area contributed by atoms with E-state index in [0.717, 1.165) is 108 Å². The van der Waals surface area contributed by atoms with Gasteiger partial charge in [-0.15, -0.1) is 0 Å². The van der Waals surface area contributed by atoms with Gasteiger partial charge in [-0.25, -0.2) is 9.13 Å². The van der Waals surface area contributed by atoms with Gasteiger partial charge in [0.15, 0.2) is 12.2 Å². The van der Waals surface area contributed by atoms with Crippen molar-refractivity contribution in [2.45, 2.75) is 401 Å². The number of rotatable bonds is 73. The minimum absolute atomic E-state index is 0.104. The molecule has 0 saturated heterocycles. The highest BCUT2D eigenvalue weighted by atomic mass is 31.2. The average molecular weight is 1380 g/mol. The highest BCUT2D eigenvalue weighted by molar-refractivity contribution is 7.47. The van der Waals surface area contributed by atoms with Gasteiger partial charge < -0.3 is 33.8 Å². The summed E-state index contributed by atoms with van der Waals surface area (Å²) in [7, 11) is -9.91. The van der Waals surface area contributed by atoms with E-state index >= 15 is 0 Å². The number of esters is 4. The van der Waals surface area contributed by atoms with Gasteiger partial charge in [0.25, 0.3) is 0 Å². The molecule has 0 heterocycles. The van der Waals surface area contributed by atoms with Crippen LogP contribution in [0.5, 0.6) is 0 Å². The zero-order valence-corrected chi connectivity index (χ0v) is 63.2. The number of aliphatic hydroxyl groups excluding tert-OH is 1. The first-order chi connectivity index (χ1) is 45.3. The lowest BCUT2D eigenvalue weighted by Crippen LogP contribution is -2.30. The Balaban J connectivity index is 5.24. The van der Waals surface area contributed by atoms with Gasteiger partial charge in [-0.1, -0.05) is 331 Å². The molecule has 0 aliphatic heterocycles. The lowest BCUT2D eigenvalue weighted by molar-refractivity contribution is -0.161. The van der Waals surface area contributed by atoms with Gasteiger partial charge in [-0.2, -0.15) is 0 Å². The van der Waals surface area contributed by atoms with E-state index in [9.17, 15) is 43.2 Å². The van der Waals surface area contributed by atoms with E-state index in [-0.39, 0.29) is 25.7 Å². The standard InChI is InChI=1S/C75H146O17P2/c1-8-11-12-13-14-15-16-17-18-19-20-21-22-23-24-25-37-44-51-58-74(79)91-70(62-86-73(78)57-50-43-36-30-27-33-40-47-54-67(6)9-2)64-89-93(81,82)87-60-69(76)61-88-94(83,84)90-65-71(63-85-72(77)56-49-42-35-29-26-32-39-46-53-66(4)5)92-75(80)59-52-45-38-31-28-34-41-48-55-68(7)10-3/h66-71,76H,8-65H2,1-7H3,(H,81,82)(H,83,84)/t67?,68?,69-,70-,71-/m1/s1. The van der Waals surface area contributed by atoms with Gasteiger partial charge in [-0.05, 0) is 43.4 Å². The Morgan fingerprint density at radius 2 is 0.543 bits per heavy atom. The highest BCUT2D eigenvalue weighted by Gasteiger charge is 2.30. The molecule has 0 saturated carbocycles. The van der Waals surface area contributed by atoms with Crippen LogP contribution in [-0.4, -0.2) is 96.7 Å². The second kappa shape index (κ2) is 65.7. The molecular weight excluding hydrogens is 1230 g/mol. The number of hydrogen-bond acceptors (Lipinski definition) is 15. The number of unbranched alkanes of at least 4 members (excludes halogenated alkanes) is 39. The van der Waals surface area contributed by atoms with E-state index in [0.29, 0.717) is 25.7 Å². The molecule has 558 valence electrons. The third-order valence-corrected chi connectivity index (χ3v) is 20.0. The van der Waals surface area contributed by atoms with Crippen LogP contribution in [0.2, 0.25) is 0 Å². The van der Waals surface area contributed by atoms with E-state index in [1.165, 1.54) is 193 Å². The summed E-state index contributed by atoms with van der Waals surface area (Å²) in [6.07, 6.45) is 51.3. The van der Waals surface area contributed by atoms with Crippen molar-refractivity contribution in [1.82, 2.24) is 0 Å². The van der Waals surface area contributed by atoms with E-state index in [2.05, 4.69) is 48.5 Å². The monoisotopic (exact) mass is 1380 g/mol. The smallest absolute Gasteiger partial charge is 0.462 e. The van der Waals surface area contributed by atoms with Crippen LogP contribution < -0.4 is 0 Å². The van der Waals surface area contributed by atoms with Crippen molar-refractivity contribution >= 4 is 39.5 Å². The Kier molecular flexibility index (Phi) is 64.3. The molecule has 0 bridgehead atoms. The molecule has 0 aromatic heterocycles. The number of carbonyl (C=O) groups is 4. The summed E-state index contributed by atoms with van der Waals surface area (Å²) in [6, 6.07) is 0. The predicted molar refractivity (Wildman–Crippen MR) is 381 cm³/mol. The van der Waals surface area contributed by atoms with Crippen molar-refractivity contribution in [3.63, 3.8) is 0 Å². The summed E-state index contributed by atoms with van der Waals surface area (Å²) in [5.41, 5.74) is 0. The Morgan fingerprint density at radius 3 is 0.809 bits per heavy atom. The Hall–Kier alpha value is -1.94. The van der Waals surface area contributed by atoms with Crippen molar-refractivity contribution < 1.29 is 80.2 Å². The van der Waals surface area contributed by atoms with E-state index in [1.807, 2.05) is 0 Å². The molecule has 4 unspecified atom stereocenters. The summed E-state index contributed by atoms with van der Waals surface area (Å²) < 4.78 is 68.5. The van der Waals surface area contributed by atoms with E-state index in [1.54, 1.807) is 0 Å². The first-order valence-electron chi connectivity index (χ1n) is 38.9. The first kappa shape index (κ1) is 92.1. The fourth-order valence-electron chi connectivity index (χ4n) is 11.4. The summed E-state index contributed by atoms with van der Waals surface area (Å²) in [5.74, 6) is 0.151. The van der Waals surface area contributed by atoms with E-state index in [4.69, 9.17) is 37.0 Å². The Bertz CT molecular complexity index is 1840. The maximum atomic E-state index is 13.1. The Morgan fingerprint density at radius 1 is 0.309 bits per heavy atom. The minimum Gasteiger partial charge on any atom is -0.462 e. The van der Waals surface area contributed by atoms with Gasteiger partial charge in [0.2, 0.25) is 0 Å². The van der Waals surface area contributed by atoms with Crippen LogP contribution in [0.25, 0.3) is 0 Å². The normalized spacial score (nSPS) is 14.7. The topological polar surface area (TPSA) is 237 Å². The lowest BCUT2D eigenvalue weighted by Gasteiger charge is -2.21. The molecule has 19 heteroatoms. The molecule has 0 aromatic rings. The second-order valence-electron chi connectivity index (χ2n) is 28.0. The zero-order valence-electron chi connectivity index (χ0n) is 61.4. The molecule has 0 aliphatic carbocycles. The van der Waals surface area contributed by atoms with Gasteiger partial charge in [0, 0.05) is 25.7 Å². The molecule has 17 nitrogen and oxygen atoms in total. The van der Waals surface area contributed by atoms with Crippen molar-refractivity contribution in [1.29, 1.82) is 0 Å². The number of aliphatic hydroxyl groups is 1. The van der Waals surface area contributed by atoms with Gasteiger partial charge in [0.05, 0.1) is 26.4 Å². The summed E-state index contributed by atoms with van der Waals surface area (Å²) in [4.78, 5) is 72.8. The zero-order chi connectivity index (χ0) is 69.4. The molecule has 94 heavy (non-hydrogen) atoms. The summed E-state index contributed by atoms with van der Waals surface area (Å²) >= 11 is 0. The maximum absolute atomic E-state index is 13.1. The number of phosphoric ester groups is 2. The molecule has 7 atom stereocenters. The fraction of sp³-hybridized carbons (Fsp3) is 0.947. The van der Waals surface area contributed by atoms with Crippen molar-refractivity contribution in [2.24, 2.45) is 17.8 Å². The molecule has 0 radical (unpaired) electrons. The van der Waals surface area contributed by atoms with Crippen LogP contribution >= 0.6 is 15.6 Å². The number of hydrogen-bond donors (Lipinski definition) is 3. The Labute approximate surface area is 575 Å². The van der Waals surface area contributed by atoms with Crippen LogP contribution in [0, 0.1) is 17.8 Å². The fourth-order valence-corrected chi connectivity index (χ4v) is 12.9. The molecule has 0 aliphatic rings. The molecule has 0 aromatic carbocycles. The highest BCUT2D eigenvalue weighted by Crippen LogP contribution is 2.45. The molecule has 0 rings (SSSR count). The quantitative estimate of drug-likeness (QED) is 0.0222. The van der Waals surface area contributed by atoms with Gasteiger partial charge in [0.1, 0.15) is 19.3 Å². The minimum atomic E-state index is -4.96. The van der Waals surface area contributed by atoms with Crippen molar-refractivity contribution in [2.75, 3.05) is 39.6 Å². The summed E-state index contributed by atoms with van der Waals surface area (Å²) in [6.45, 7) is 11.9. The molecule has 0 spiro atoms. The van der Waals surface area contributed by atoms with Crippen LogP contribution in [0.15, 0.2) is 0 Å². The number of ether oxygens (including phenoxy) is 4. The third kappa shape index (κ3) is 66.0. The largest absolute Gasteiger partial charge is 0.472 e. The third-order valence-electron chi connectivity index (χ3n) is 18.1. The van der Waals surface area contributed by atoms with Gasteiger partial charge in [-0.3, -0.25) is 37.3 Å². The van der Waals surface area contributed by atoms with Crippen molar-refractivity contribution in [3.8, 4) is 0 Å². The average Bonchev–Trinajstić information content (AvgIpc) is 1.15. The van der Waals surface area contributed by atoms with Crippen LogP contribution in [0.3, 0.4) is 0 Å². The first-order valence-corrected chi connectivity index (χ1v) is 41.9. The molecule has 0 fully saturated rings. The molecule has 3 N–H and O–H groups in total. The SMILES string of the molecule is CCCCCCCCCCCCCCCCCCCCCC(=O)O[C@H](COC(=O)CCCCCCCCCCC(C)CC)COP(=O)(O)OC[C@@H](O)COP(=O)(O)OC[C@@H](COC(=O)CCCCCCCCCCC(C)C)OC(=O)CCCCCCCCCCC(C)CC. The van der Waals surface area contributed by atoms with E-state index < -0.39 is 97.5 Å². The summed E-state index contributed by atoms with van der Waals surface area (Å²) in [5, 5.41) is 10.6. The van der Waals surface area contributed by atoms with Gasteiger partial charge >= 0.3 is 39.5 Å². The maximum Gasteiger partial charge on any atom is 0.472 e. The predicted octanol–water partition coefficient (Wildman–Crippen LogP) is 21.8. The lowest BCUT2D eigenvalue weighted by atomic mass is 9.99.